The van der Waals surface area contributed by atoms with Crippen LogP contribution in [0, 0.1) is 34.5 Å². The first-order valence-electron chi connectivity index (χ1n) is 10.2. The molecule has 1 saturated carbocycles. The number of aromatic nitrogens is 1. The van der Waals surface area contributed by atoms with Crippen molar-refractivity contribution < 1.29 is 14.6 Å². The summed E-state index contributed by atoms with van der Waals surface area (Å²) in [7, 11) is 0. The molecule has 5 rings (SSSR count). The zero-order chi connectivity index (χ0) is 23.4. The van der Waals surface area contributed by atoms with Crippen LogP contribution in [0.1, 0.15) is 28.3 Å². The first kappa shape index (κ1) is 21.0. The van der Waals surface area contributed by atoms with Crippen LogP contribution in [0.15, 0.2) is 66.9 Å². The first-order chi connectivity index (χ1) is 15.9. The summed E-state index contributed by atoms with van der Waals surface area (Å²) in [5.74, 6) is -3.68. The minimum atomic E-state index is -2.02. The number of fused-ring (bicyclic) bond motifs is 3. The van der Waals surface area contributed by atoms with E-state index >= 15 is 0 Å². The fourth-order valence-corrected chi connectivity index (χ4v) is 5.60. The van der Waals surface area contributed by atoms with Crippen molar-refractivity contribution in [3.63, 3.8) is 0 Å². The molecule has 1 aliphatic heterocycles. The van der Waals surface area contributed by atoms with Crippen LogP contribution in [0.5, 0.6) is 5.75 Å². The minimum Gasteiger partial charge on any atom is -0.476 e. The average molecular weight is 457 g/mol. The van der Waals surface area contributed by atoms with E-state index in [1.807, 2.05) is 6.07 Å². The third-order valence-electron chi connectivity index (χ3n) is 6.69. The first-order valence-corrected chi connectivity index (χ1v) is 10.6. The lowest BCUT2D eigenvalue weighted by atomic mass is 9.71. The quantitative estimate of drug-likeness (QED) is 0.622. The van der Waals surface area contributed by atoms with E-state index in [9.17, 15) is 20.4 Å². The van der Waals surface area contributed by atoms with Crippen molar-refractivity contribution in [3.05, 3.63) is 94.3 Å². The van der Waals surface area contributed by atoms with Crippen LogP contribution in [-0.2, 0) is 16.0 Å². The van der Waals surface area contributed by atoms with Crippen molar-refractivity contribution in [3.8, 4) is 17.9 Å². The van der Waals surface area contributed by atoms with Crippen molar-refractivity contribution in [2.75, 3.05) is 0 Å². The lowest BCUT2D eigenvalue weighted by Gasteiger charge is -2.40. The van der Waals surface area contributed by atoms with Crippen LogP contribution in [0.3, 0.4) is 0 Å². The summed E-state index contributed by atoms with van der Waals surface area (Å²) >= 11 is 6.16. The zero-order valence-electron chi connectivity index (χ0n) is 17.1. The molecule has 5 unspecified atom stereocenters. The number of aliphatic hydroxyl groups is 1. The van der Waals surface area contributed by atoms with Gasteiger partial charge < -0.3 is 15.6 Å². The van der Waals surface area contributed by atoms with Crippen LogP contribution in [0.25, 0.3) is 0 Å². The Balaban J connectivity index is 1.90. The van der Waals surface area contributed by atoms with Gasteiger partial charge in [-0.3, -0.25) is 9.78 Å². The predicted octanol–water partition coefficient (Wildman–Crippen LogP) is 3.12. The number of pyridine rings is 1. The molecular formula is C25H17ClN4O3. The van der Waals surface area contributed by atoms with E-state index in [1.165, 1.54) is 12.3 Å². The Morgan fingerprint density at radius 2 is 1.85 bits per heavy atom. The molecule has 1 aromatic heterocycles. The SMILES string of the molecule is N#Cc1ccc(C23Oc4cc(Cl)cnc4C2(O)C(C#N)C(C(N)=O)C3c2ccccc2)cc1. The number of hydrogen-bond donors (Lipinski definition) is 2. The van der Waals surface area contributed by atoms with E-state index in [1.54, 1.807) is 48.5 Å². The summed E-state index contributed by atoms with van der Waals surface area (Å²) in [6.45, 7) is 0. The number of nitrogens with zero attached hydrogens (tertiary/aromatic N) is 3. The van der Waals surface area contributed by atoms with E-state index in [0.717, 1.165) is 0 Å². The Kier molecular flexibility index (Phi) is 4.65. The van der Waals surface area contributed by atoms with Gasteiger partial charge in [-0.05, 0) is 23.3 Å². The van der Waals surface area contributed by atoms with Gasteiger partial charge in [0.25, 0.3) is 0 Å². The molecule has 1 amide bonds. The Labute approximate surface area is 194 Å². The van der Waals surface area contributed by atoms with Gasteiger partial charge in [-0.2, -0.15) is 10.5 Å². The van der Waals surface area contributed by atoms with Crippen LogP contribution in [0.2, 0.25) is 5.02 Å². The van der Waals surface area contributed by atoms with Crippen LogP contribution in [0.4, 0.5) is 0 Å². The third kappa shape index (κ3) is 2.64. The largest absolute Gasteiger partial charge is 0.476 e. The number of halogens is 1. The second kappa shape index (κ2) is 7.31. The Morgan fingerprint density at radius 3 is 2.45 bits per heavy atom. The van der Waals surface area contributed by atoms with Gasteiger partial charge in [0.15, 0.2) is 11.2 Å². The monoisotopic (exact) mass is 456 g/mol. The number of nitrogens with two attached hydrogens (primary N) is 1. The topological polar surface area (TPSA) is 133 Å². The molecule has 2 heterocycles. The molecule has 8 heteroatoms. The van der Waals surface area contributed by atoms with Gasteiger partial charge in [0.1, 0.15) is 11.4 Å². The molecule has 0 bridgehead atoms. The fourth-order valence-electron chi connectivity index (χ4n) is 5.45. The molecule has 33 heavy (non-hydrogen) atoms. The standard InChI is InChI=1S/C25H17ClN4O3/c26-17-10-19-22(30-13-17)24(32)18(12-28)20(23(29)31)21(15-4-2-1-3-5-15)25(24,33-19)16-8-6-14(11-27)7-9-16/h1-10,13,18,20-21,32H,(H2,29,31). The number of nitriles is 2. The van der Waals surface area contributed by atoms with Crippen molar-refractivity contribution in [1.82, 2.24) is 4.98 Å². The summed E-state index contributed by atoms with van der Waals surface area (Å²) in [6, 6.07) is 21.3. The number of hydrogen-bond acceptors (Lipinski definition) is 6. The molecule has 1 aliphatic carbocycles. The number of benzene rings is 2. The highest BCUT2D eigenvalue weighted by atomic mass is 35.5. The number of rotatable bonds is 3. The lowest BCUT2D eigenvalue weighted by molar-refractivity contribution is -0.125. The number of carbonyl (C=O) groups excluding carboxylic acids is 1. The van der Waals surface area contributed by atoms with E-state index in [0.29, 0.717) is 21.7 Å². The predicted molar refractivity (Wildman–Crippen MR) is 118 cm³/mol. The van der Waals surface area contributed by atoms with E-state index in [2.05, 4.69) is 17.1 Å². The van der Waals surface area contributed by atoms with Crippen molar-refractivity contribution >= 4 is 17.5 Å². The Morgan fingerprint density at radius 1 is 1.15 bits per heavy atom. The highest BCUT2D eigenvalue weighted by Crippen LogP contribution is 2.70. The van der Waals surface area contributed by atoms with Gasteiger partial charge in [-0.25, -0.2) is 0 Å². The summed E-state index contributed by atoms with van der Waals surface area (Å²) < 4.78 is 6.50. The maximum Gasteiger partial charge on any atom is 0.222 e. The van der Waals surface area contributed by atoms with E-state index in [4.69, 9.17) is 22.1 Å². The zero-order valence-corrected chi connectivity index (χ0v) is 17.9. The molecule has 162 valence electrons. The Bertz CT molecular complexity index is 1350. The van der Waals surface area contributed by atoms with E-state index in [-0.39, 0.29) is 11.4 Å². The second-order valence-electron chi connectivity index (χ2n) is 8.22. The molecule has 0 radical (unpaired) electrons. The van der Waals surface area contributed by atoms with Crippen LogP contribution < -0.4 is 10.5 Å². The number of amides is 1. The third-order valence-corrected chi connectivity index (χ3v) is 6.90. The van der Waals surface area contributed by atoms with Crippen LogP contribution in [-0.4, -0.2) is 16.0 Å². The van der Waals surface area contributed by atoms with Gasteiger partial charge in [0.05, 0.1) is 34.6 Å². The number of primary amides is 1. The lowest BCUT2D eigenvalue weighted by Crippen LogP contribution is -2.50. The van der Waals surface area contributed by atoms with Crippen molar-refractivity contribution in [2.24, 2.45) is 17.6 Å². The van der Waals surface area contributed by atoms with Crippen LogP contribution >= 0.6 is 11.6 Å². The number of carbonyl (C=O) groups is 1. The van der Waals surface area contributed by atoms with Gasteiger partial charge in [-0.15, -0.1) is 0 Å². The summed E-state index contributed by atoms with van der Waals surface area (Å²) in [6.07, 6.45) is 1.36. The highest BCUT2D eigenvalue weighted by Gasteiger charge is 2.78. The van der Waals surface area contributed by atoms with E-state index < -0.39 is 34.9 Å². The minimum absolute atomic E-state index is 0.118. The normalized spacial score (nSPS) is 29.3. The fraction of sp³-hybridized carbons (Fsp3) is 0.200. The number of ether oxygens (including phenoxy) is 1. The summed E-state index contributed by atoms with van der Waals surface area (Å²) in [4.78, 5) is 17.1. The Hall–Kier alpha value is -3.91. The molecule has 5 atom stereocenters. The molecule has 0 spiro atoms. The van der Waals surface area contributed by atoms with Gasteiger partial charge in [0, 0.05) is 18.2 Å². The average Bonchev–Trinajstić information content (AvgIpc) is 3.21. The van der Waals surface area contributed by atoms with Crippen molar-refractivity contribution in [2.45, 2.75) is 17.1 Å². The molecule has 7 nitrogen and oxygen atoms in total. The molecule has 2 aromatic carbocycles. The van der Waals surface area contributed by atoms with Crippen molar-refractivity contribution in [1.29, 1.82) is 10.5 Å². The molecule has 1 fully saturated rings. The maximum absolute atomic E-state index is 12.8. The van der Waals surface area contributed by atoms with Gasteiger partial charge in [0.2, 0.25) is 5.91 Å². The highest BCUT2D eigenvalue weighted by molar-refractivity contribution is 6.30. The van der Waals surface area contributed by atoms with Gasteiger partial charge in [-0.1, -0.05) is 54.1 Å². The molecule has 3 N–H and O–H groups in total. The summed E-state index contributed by atoms with van der Waals surface area (Å²) in [5, 5.41) is 32.2. The molecule has 2 aliphatic rings. The molecule has 0 saturated heterocycles. The smallest absolute Gasteiger partial charge is 0.222 e. The van der Waals surface area contributed by atoms with Gasteiger partial charge >= 0.3 is 0 Å². The molecular weight excluding hydrogens is 440 g/mol. The maximum atomic E-state index is 12.8. The molecule has 3 aromatic rings. The summed E-state index contributed by atoms with van der Waals surface area (Å²) in [5.41, 5.74) is 3.88. The second-order valence-corrected chi connectivity index (χ2v) is 8.65.